The Labute approximate surface area is 158 Å². The van der Waals surface area contributed by atoms with Crippen molar-refractivity contribution >= 4 is 17.3 Å². The van der Waals surface area contributed by atoms with E-state index in [2.05, 4.69) is 37.3 Å². The highest BCUT2D eigenvalue weighted by Gasteiger charge is 2.31. The Balaban J connectivity index is 1.82. The number of ketones is 1. The summed E-state index contributed by atoms with van der Waals surface area (Å²) in [6.45, 7) is 6.19. The number of aryl methyl sites for hydroxylation is 2. The largest absolute Gasteiger partial charge is 0.338 e. The number of carbonyl (C=O) groups excluding carboxylic acids is 1. The van der Waals surface area contributed by atoms with Gasteiger partial charge in [-0.05, 0) is 73.7 Å². The third kappa shape index (κ3) is 3.25. The van der Waals surface area contributed by atoms with E-state index in [1.807, 2.05) is 12.1 Å². The quantitative estimate of drug-likeness (QED) is 0.701. The van der Waals surface area contributed by atoms with Gasteiger partial charge in [-0.3, -0.25) is 4.79 Å². The minimum Gasteiger partial charge on any atom is -0.338 e. The molecular weight excluding hydrogens is 341 g/mol. The van der Waals surface area contributed by atoms with Crippen molar-refractivity contribution in [2.24, 2.45) is 5.92 Å². The number of nitrogens with zero attached hydrogens (tertiary/aromatic N) is 2. The molecule has 5 heteroatoms. The summed E-state index contributed by atoms with van der Waals surface area (Å²) in [5, 5.41) is 8.01. The summed E-state index contributed by atoms with van der Waals surface area (Å²) in [6.07, 6.45) is 1.28. The van der Waals surface area contributed by atoms with Gasteiger partial charge in [0.2, 0.25) is 0 Å². The molecule has 1 aliphatic rings. The lowest BCUT2D eigenvalue weighted by molar-refractivity contribution is 0.0953. The van der Waals surface area contributed by atoms with E-state index in [9.17, 15) is 9.18 Å². The van der Waals surface area contributed by atoms with Gasteiger partial charge in [0.1, 0.15) is 5.82 Å². The molecule has 0 bridgehead atoms. The lowest BCUT2D eigenvalue weighted by atomic mass is 9.87. The number of hydrogen-bond donors (Lipinski definition) is 1. The molecule has 1 aromatic heterocycles. The van der Waals surface area contributed by atoms with Crippen molar-refractivity contribution < 1.29 is 9.18 Å². The number of halogens is 1. The van der Waals surface area contributed by atoms with E-state index in [1.54, 1.807) is 16.8 Å². The molecular formula is C22H22FN3O. The SMILES string of the molecule is Cc1ccc(Nc2nn(-c3ccc(F)cc3)c3c2C(=O)CC(C)C3)cc1C. The van der Waals surface area contributed by atoms with Crippen LogP contribution in [0.15, 0.2) is 42.5 Å². The number of fused-ring (bicyclic) bond motifs is 1. The topological polar surface area (TPSA) is 46.9 Å². The zero-order valence-corrected chi connectivity index (χ0v) is 15.7. The van der Waals surface area contributed by atoms with Crippen LogP contribution in [0.25, 0.3) is 5.69 Å². The van der Waals surface area contributed by atoms with Crippen LogP contribution in [0.4, 0.5) is 15.9 Å². The molecule has 0 amide bonds. The van der Waals surface area contributed by atoms with Gasteiger partial charge < -0.3 is 5.32 Å². The van der Waals surface area contributed by atoms with E-state index in [4.69, 9.17) is 0 Å². The van der Waals surface area contributed by atoms with Crippen LogP contribution in [0.2, 0.25) is 0 Å². The average molecular weight is 363 g/mol. The Kier molecular flexibility index (Phi) is 4.30. The summed E-state index contributed by atoms with van der Waals surface area (Å²) in [5.74, 6) is 0.631. The van der Waals surface area contributed by atoms with Crippen molar-refractivity contribution in [2.75, 3.05) is 5.32 Å². The van der Waals surface area contributed by atoms with Gasteiger partial charge in [-0.2, -0.15) is 0 Å². The number of hydrogen-bond acceptors (Lipinski definition) is 3. The molecule has 0 spiro atoms. The first-order chi connectivity index (χ1) is 12.9. The number of aromatic nitrogens is 2. The standard InChI is InChI=1S/C22H22FN3O/c1-13-10-19-21(20(27)11-13)22(24-17-7-4-14(2)15(3)12-17)25-26(19)18-8-5-16(23)6-9-18/h4-9,12-13H,10-11H2,1-3H3,(H,24,25). The Hall–Kier alpha value is -2.95. The Morgan fingerprint density at radius 3 is 2.52 bits per heavy atom. The van der Waals surface area contributed by atoms with Gasteiger partial charge in [0.15, 0.2) is 11.6 Å². The average Bonchev–Trinajstić information content (AvgIpc) is 2.97. The maximum atomic E-state index is 13.3. The van der Waals surface area contributed by atoms with Crippen LogP contribution in [0.1, 0.15) is 40.5 Å². The van der Waals surface area contributed by atoms with Crippen LogP contribution in [0.3, 0.4) is 0 Å². The van der Waals surface area contributed by atoms with Crippen molar-refractivity contribution in [2.45, 2.75) is 33.6 Å². The van der Waals surface area contributed by atoms with E-state index in [1.165, 1.54) is 23.3 Å². The summed E-state index contributed by atoms with van der Waals surface area (Å²) in [5.41, 5.74) is 5.57. The second-order valence-electron chi connectivity index (χ2n) is 7.42. The second-order valence-corrected chi connectivity index (χ2v) is 7.42. The first kappa shape index (κ1) is 17.5. The molecule has 0 radical (unpaired) electrons. The van der Waals surface area contributed by atoms with Crippen LogP contribution in [0.5, 0.6) is 0 Å². The van der Waals surface area contributed by atoms with Gasteiger partial charge >= 0.3 is 0 Å². The molecule has 1 N–H and O–H groups in total. The molecule has 1 atom stereocenters. The van der Waals surface area contributed by atoms with Crippen LogP contribution in [0, 0.1) is 25.6 Å². The zero-order chi connectivity index (χ0) is 19.1. The van der Waals surface area contributed by atoms with Crippen molar-refractivity contribution in [3.8, 4) is 5.69 Å². The van der Waals surface area contributed by atoms with E-state index in [-0.39, 0.29) is 17.5 Å². The van der Waals surface area contributed by atoms with E-state index in [0.29, 0.717) is 17.8 Å². The highest BCUT2D eigenvalue weighted by Crippen LogP contribution is 2.34. The molecule has 3 aromatic rings. The Morgan fingerprint density at radius 1 is 1.07 bits per heavy atom. The smallest absolute Gasteiger partial charge is 0.168 e. The number of anilines is 2. The molecule has 0 fully saturated rings. The van der Waals surface area contributed by atoms with Crippen LogP contribution < -0.4 is 5.32 Å². The van der Waals surface area contributed by atoms with Gasteiger partial charge in [0.05, 0.1) is 16.9 Å². The van der Waals surface area contributed by atoms with Gasteiger partial charge in [-0.15, -0.1) is 5.10 Å². The number of nitrogens with one attached hydrogen (secondary N) is 1. The molecule has 4 nitrogen and oxygen atoms in total. The molecule has 0 saturated carbocycles. The lowest BCUT2D eigenvalue weighted by Crippen LogP contribution is -2.19. The summed E-state index contributed by atoms with van der Waals surface area (Å²) in [6, 6.07) is 12.3. The summed E-state index contributed by atoms with van der Waals surface area (Å²) in [7, 11) is 0. The summed E-state index contributed by atoms with van der Waals surface area (Å²) >= 11 is 0. The van der Waals surface area contributed by atoms with E-state index >= 15 is 0 Å². The fraction of sp³-hybridized carbons (Fsp3) is 0.273. The van der Waals surface area contributed by atoms with Gasteiger partial charge in [0.25, 0.3) is 0 Å². The van der Waals surface area contributed by atoms with Crippen molar-refractivity contribution in [3.05, 3.63) is 70.7 Å². The van der Waals surface area contributed by atoms with Gasteiger partial charge in [-0.25, -0.2) is 9.07 Å². The van der Waals surface area contributed by atoms with E-state index < -0.39 is 0 Å². The molecule has 138 valence electrons. The number of rotatable bonds is 3. The molecule has 27 heavy (non-hydrogen) atoms. The number of carbonyl (C=O) groups is 1. The predicted molar refractivity (Wildman–Crippen MR) is 105 cm³/mol. The number of benzene rings is 2. The van der Waals surface area contributed by atoms with Crippen LogP contribution >= 0.6 is 0 Å². The highest BCUT2D eigenvalue weighted by atomic mass is 19.1. The maximum Gasteiger partial charge on any atom is 0.168 e. The molecule has 1 unspecified atom stereocenters. The molecule has 4 rings (SSSR count). The molecule has 0 aliphatic heterocycles. The third-order valence-corrected chi connectivity index (χ3v) is 5.18. The second kappa shape index (κ2) is 6.65. The minimum atomic E-state index is -0.294. The van der Waals surface area contributed by atoms with E-state index in [0.717, 1.165) is 23.5 Å². The summed E-state index contributed by atoms with van der Waals surface area (Å²) < 4.78 is 15.1. The number of Topliss-reactive ketones (excluding diaryl/α,β-unsaturated/α-hetero) is 1. The Bertz CT molecular complexity index is 1020. The highest BCUT2D eigenvalue weighted by molar-refractivity contribution is 6.03. The van der Waals surface area contributed by atoms with Crippen molar-refractivity contribution in [3.63, 3.8) is 0 Å². The molecule has 0 saturated heterocycles. The minimum absolute atomic E-state index is 0.100. The molecule has 1 aliphatic carbocycles. The van der Waals surface area contributed by atoms with Crippen LogP contribution in [-0.2, 0) is 6.42 Å². The summed E-state index contributed by atoms with van der Waals surface area (Å²) in [4.78, 5) is 12.8. The predicted octanol–water partition coefficient (Wildman–Crippen LogP) is 5.14. The molecule has 1 heterocycles. The fourth-order valence-corrected chi connectivity index (χ4v) is 3.59. The zero-order valence-electron chi connectivity index (χ0n) is 15.7. The van der Waals surface area contributed by atoms with Crippen molar-refractivity contribution in [1.82, 2.24) is 9.78 Å². The maximum absolute atomic E-state index is 13.3. The normalized spacial score (nSPS) is 16.3. The van der Waals surface area contributed by atoms with Crippen LogP contribution in [-0.4, -0.2) is 15.6 Å². The van der Waals surface area contributed by atoms with Crippen molar-refractivity contribution in [1.29, 1.82) is 0 Å². The fourth-order valence-electron chi connectivity index (χ4n) is 3.59. The first-order valence-electron chi connectivity index (χ1n) is 9.17. The first-order valence-corrected chi connectivity index (χ1v) is 9.17. The van der Waals surface area contributed by atoms with Gasteiger partial charge in [-0.1, -0.05) is 13.0 Å². The molecule has 2 aromatic carbocycles. The lowest BCUT2D eigenvalue weighted by Gasteiger charge is -2.19. The van der Waals surface area contributed by atoms with Gasteiger partial charge in [0, 0.05) is 12.1 Å². The monoisotopic (exact) mass is 363 g/mol. The third-order valence-electron chi connectivity index (χ3n) is 5.18. The Morgan fingerprint density at radius 2 is 1.81 bits per heavy atom.